The predicted octanol–water partition coefficient (Wildman–Crippen LogP) is 0.777. The molecule has 0 aromatic carbocycles. The Morgan fingerprint density at radius 1 is 1.82 bits per heavy atom. The third-order valence-electron chi connectivity index (χ3n) is 2.12. The standard InChI is InChI=1S/C9H15NO/c1-3-5-8(10-2)9-6-4-7-11-9/h1,8-10H,4-7H2,2H3. The summed E-state index contributed by atoms with van der Waals surface area (Å²) < 4.78 is 5.50. The van der Waals surface area contributed by atoms with Gasteiger partial charge in [-0.15, -0.1) is 12.3 Å². The number of hydrogen-bond acceptors (Lipinski definition) is 2. The zero-order valence-electron chi connectivity index (χ0n) is 6.97. The second-order valence-corrected chi connectivity index (χ2v) is 2.85. The molecule has 0 radical (unpaired) electrons. The summed E-state index contributed by atoms with van der Waals surface area (Å²) in [5, 5.41) is 3.18. The molecule has 2 heteroatoms. The minimum absolute atomic E-state index is 0.344. The smallest absolute Gasteiger partial charge is 0.0738 e. The minimum Gasteiger partial charge on any atom is -0.377 e. The summed E-state index contributed by atoms with van der Waals surface area (Å²) in [6, 6.07) is 0.350. The van der Waals surface area contributed by atoms with Gasteiger partial charge in [0.05, 0.1) is 6.10 Å². The van der Waals surface area contributed by atoms with Gasteiger partial charge in [-0.3, -0.25) is 0 Å². The highest BCUT2D eigenvalue weighted by atomic mass is 16.5. The van der Waals surface area contributed by atoms with E-state index in [0.29, 0.717) is 12.1 Å². The van der Waals surface area contributed by atoms with Crippen LogP contribution in [-0.2, 0) is 4.74 Å². The van der Waals surface area contributed by atoms with Crippen molar-refractivity contribution in [3.05, 3.63) is 0 Å². The van der Waals surface area contributed by atoms with Crippen LogP contribution in [0.4, 0.5) is 0 Å². The zero-order chi connectivity index (χ0) is 8.10. The molecule has 62 valence electrons. The number of likely N-dealkylation sites (N-methyl/N-ethyl adjacent to an activating group) is 1. The molecule has 11 heavy (non-hydrogen) atoms. The van der Waals surface area contributed by atoms with Crippen LogP contribution in [0.5, 0.6) is 0 Å². The lowest BCUT2D eigenvalue weighted by Crippen LogP contribution is -2.36. The molecule has 1 aliphatic rings. The molecule has 1 fully saturated rings. The lowest BCUT2D eigenvalue weighted by Gasteiger charge is -2.19. The predicted molar refractivity (Wildman–Crippen MR) is 45.3 cm³/mol. The summed E-state index contributed by atoms with van der Waals surface area (Å²) in [6.07, 6.45) is 8.66. The third kappa shape index (κ3) is 2.21. The van der Waals surface area contributed by atoms with Gasteiger partial charge >= 0.3 is 0 Å². The van der Waals surface area contributed by atoms with Gasteiger partial charge in [-0.05, 0) is 19.9 Å². The maximum Gasteiger partial charge on any atom is 0.0738 e. The van der Waals surface area contributed by atoms with Crippen LogP contribution < -0.4 is 5.32 Å². The first-order valence-corrected chi connectivity index (χ1v) is 4.11. The largest absolute Gasteiger partial charge is 0.377 e. The van der Waals surface area contributed by atoms with E-state index >= 15 is 0 Å². The van der Waals surface area contributed by atoms with E-state index in [0.717, 1.165) is 19.4 Å². The Morgan fingerprint density at radius 2 is 2.64 bits per heavy atom. The van der Waals surface area contributed by atoms with E-state index in [1.165, 1.54) is 6.42 Å². The van der Waals surface area contributed by atoms with Crippen molar-refractivity contribution in [1.29, 1.82) is 0 Å². The normalized spacial score (nSPS) is 26.4. The summed E-state index contributed by atoms with van der Waals surface area (Å²) in [4.78, 5) is 0. The van der Waals surface area contributed by atoms with Gasteiger partial charge in [0.1, 0.15) is 0 Å². The van der Waals surface area contributed by atoms with E-state index in [1.807, 2.05) is 7.05 Å². The second-order valence-electron chi connectivity index (χ2n) is 2.85. The molecular formula is C9H15NO. The van der Waals surface area contributed by atoms with Gasteiger partial charge in [0.15, 0.2) is 0 Å². The second kappa shape index (κ2) is 4.38. The van der Waals surface area contributed by atoms with Crippen LogP contribution in [0.15, 0.2) is 0 Å². The van der Waals surface area contributed by atoms with Crippen LogP contribution in [0.25, 0.3) is 0 Å². The average Bonchev–Trinajstić information content (AvgIpc) is 2.52. The van der Waals surface area contributed by atoms with Gasteiger partial charge in [-0.2, -0.15) is 0 Å². The van der Waals surface area contributed by atoms with E-state index in [4.69, 9.17) is 11.2 Å². The molecule has 1 N–H and O–H groups in total. The topological polar surface area (TPSA) is 21.3 Å². The summed E-state index contributed by atoms with van der Waals surface area (Å²) in [7, 11) is 1.93. The van der Waals surface area contributed by atoms with Crippen LogP contribution in [0, 0.1) is 12.3 Å². The van der Waals surface area contributed by atoms with Crippen molar-refractivity contribution >= 4 is 0 Å². The number of rotatable bonds is 3. The lowest BCUT2D eigenvalue weighted by atomic mass is 10.1. The summed E-state index contributed by atoms with van der Waals surface area (Å²) in [6.45, 7) is 0.896. The van der Waals surface area contributed by atoms with Crippen LogP contribution in [0.2, 0.25) is 0 Å². The highest BCUT2D eigenvalue weighted by molar-refractivity contribution is 4.93. The number of hydrogen-bond donors (Lipinski definition) is 1. The SMILES string of the molecule is C#CCC(NC)C1CCCO1. The van der Waals surface area contributed by atoms with E-state index in [9.17, 15) is 0 Å². The Labute approximate surface area is 68.3 Å². The highest BCUT2D eigenvalue weighted by Gasteiger charge is 2.23. The fourth-order valence-corrected chi connectivity index (χ4v) is 1.47. The van der Waals surface area contributed by atoms with Crippen molar-refractivity contribution in [2.24, 2.45) is 0 Å². The van der Waals surface area contributed by atoms with E-state index in [1.54, 1.807) is 0 Å². The van der Waals surface area contributed by atoms with E-state index in [-0.39, 0.29) is 0 Å². The molecule has 2 atom stereocenters. The van der Waals surface area contributed by atoms with Crippen molar-refractivity contribution in [3.8, 4) is 12.3 Å². The van der Waals surface area contributed by atoms with Crippen molar-refractivity contribution in [2.45, 2.75) is 31.4 Å². The highest BCUT2D eigenvalue weighted by Crippen LogP contribution is 2.16. The monoisotopic (exact) mass is 153 g/mol. The van der Waals surface area contributed by atoms with Crippen molar-refractivity contribution in [2.75, 3.05) is 13.7 Å². The maximum atomic E-state index is 5.50. The van der Waals surface area contributed by atoms with Crippen molar-refractivity contribution in [1.82, 2.24) is 5.32 Å². The van der Waals surface area contributed by atoms with Gasteiger partial charge in [0.2, 0.25) is 0 Å². The molecule has 0 aliphatic carbocycles. The average molecular weight is 153 g/mol. The van der Waals surface area contributed by atoms with Gasteiger partial charge in [-0.25, -0.2) is 0 Å². The molecule has 2 unspecified atom stereocenters. The first kappa shape index (κ1) is 8.58. The van der Waals surface area contributed by atoms with Crippen LogP contribution in [-0.4, -0.2) is 25.8 Å². The molecule has 1 aliphatic heterocycles. The molecule has 0 aromatic heterocycles. The number of terminal acetylenes is 1. The minimum atomic E-state index is 0.344. The quantitative estimate of drug-likeness (QED) is 0.605. The fourth-order valence-electron chi connectivity index (χ4n) is 1.47. The van der Waals surface area contributed by atoms with Crippen LogP contribution in [0.1, 0.15) is 19.3 Å². The third-order valence-corrected chi connectivity index (χ3v) is 2.12. The molecule has 1 heterocycles. The first-order valence-electron chi connectivity index (χ1n) is 4.11. The molecule has 0 amide bonds. The number of nitrogens with one attached hydrogen (secondary N) is 1. The molecule has 0 saturated carbocycles. The Kier molecular flexibility index (Phi) is 3.41. The Morgan fingerprint density at radius 3 is 3.09 bits per heavy atom. The van der Waals surface area contributed by atoms with Gasteiger partial charge in [0, 0.05) is 19.1 Å². The molecule has 1 saturated heterocycles. The molecule has 1 rings (SSSR count). The zero-order valence-corrected chi connectivity index (χ0v) is 6.97. The number of ether oxygens (including phenoxy) is 1. The Balaban J connectivity index is 2.34. The summed E-state index contributed by atoms with van der Waals surface area (Å²) in [5.74, 6) is 2.65. The fraction of sp³-hybridized carbons (Fsp3) is 0.778. The van der Waals surface area contributed by atoms with Gasteiger partial charge in [0.25, 0.3) is 0 Å². The molecule has 2 nitrogen and oxygen atoms in total. The van der Waals surface area contributed by atoms with Crippen LogP contribution in [0.3, 0.4) is 0 Å². The van der Waals surface area contributed by atoms with Crippen molar-refractivity contribution in [3.63, 3.8) is 0 Å². The summed E-state index contributed by atoms with van der Waals surface area (Å²) in [5.41, 5.74) is 0. The maximum absolute atomic E-state index is 5.50. The van der Waals surface area contributed by atoms with Gasteiger partial charge < -0.3 is 10.1 Å². The Hall–Kier alpha value is -0.520. The van der Waals surface area contributed by atoms with Crippen LogP contribution >= 0.6 is 0 Å². The molecule has 0 aromatic rings. The lowest BCUT2D eigenvalue weighted by molar-refractivity contribution is 0.0822. The molecule has 0 bridgehead atoms. The Bertz CT molecular complexity index is 144. The van der Waals surface area contributed by atoms with E-state index in [2.05, 4.69) is 11.2 Å². The summed E-state index contributed by atoms with van der Waals surface area (Å²) >= 11 is 0. The van der Waals surface area contributed by atoms with Gasteiger partial charge in [-0.1, -0.05) is 0 Å². The van der Waals surface area contributed by atoms with Crippen molar-refractivity contribution < 1.29 is 4.74 Å². The first-order chi connectivity index (χ1) is 5.38. The molecule has 0 spiro atoms. The molecular weight excluding hydrogens is 138 g/mol. The van der Waals surface area contributed by atoms with E-state index < -0.39 is 0 Å².